The Kier molecular flexibility index (Phi) is 6.25. The number of anilines is 1. The number of rotatable bonds is 4. The van der Waals surface area contributed by atoms with Crippen LogP contribution in [-0.2, 0) is 11.0 Å². The second-order valence-electron chi connectivity index (χ2n) is 7.34. The van der Waals surface area contributed by atoms with Crippen LogP contribution >= 0.6 is 0 Å². The predicted octanol–water partition coefficient (Wildman–Crippen LogP) is 4.59. The van der Waals surface area contributed by atoms with Crippen molar-refractivity contribution in [2.45, 2.75) is 25.9 Å². The molecule has 1 aromatic heterocycles. The van der Waals surface area contributed by atoms with Crippen molar-refractivity contribution >= 4 is 17.8 Å². The molecule has 0 aliphatic carbocycles. The Balaban J connectivity index is 1.60. The van der Waals surface area contributed by atoms with Gasteiger partial charge in [0.1, 0.15) is 5.82 Å². The first-order chi connectivity index (χ1) is 13.8. The van der Waals surface area contributed by atoms with Crippen LogP contribution in [0.15, 0.2) is 48.7 Å². The highest BCUT2D eigenvalue weighted by Gasteiger charge is 2.36. The van der Waals surface area contributed by atoms with Crippen LogP contribution in [0, 0.1) is 0 Å². The minimum Gasteiger partial charge on any atom is -0.353 e. The quantitative estimate of drug-likeness (QED) is 0.701. The normalized spacial score (nSPS) is 15.4. The Labute approximate surface area is 168 Å². The van der Waals surface area contributed by atoms with Crippen molar-refractivity contribution in [1.82, 2.24) is 9.88 Å². The number of alkyl halides is 3. The van der Waals surface area contributed by atoms with Crippen LogP contribution in [0.2, 0.25) is 0 Å². The fourth-order valence-electron chi connectivity index (χ4n) is 3.27. The third-order valence-corrected chi connectivity index (χ3v) is 5.00. The molecule has 0 bridgehead atoms. The van der Waals surface area contributed by atoms with Crippen LogP contribution in [0.4, 0.5) is 19.0 Å². The van der Waals surface area contributed by atoms with E-state index in [1.807, 2.05) is 24.3 Å². The standard InChI is InChI=1S/C22H24F3N3O/c1-16(2)18-8-5-17(6-9-18)7-10-20(29)27-12-14-28(15-13-27)21-19(22(23,24)25)4-3-11-26-21/h3-11,16H,12-15H2,1-2H3. The van der Waals surface area contributed by atoms with Crippen LogP contribution in [0.25, 0.3) is 6.08 Å². The monoisotopic (exact) mass is 403 g/mol. The molecular weight excluding hydrogens is 379 g/mol. The maximum Gasteiger partial charge on any atom is 0.419 e. The van der Waals surface area contributed by atoms with Crippen LogP contribution in [-0.4, -0.2) is 42.0 Å². The Morgan fingerprint density at radius 2 is 1.72 bits per heavy atom. The Morgan fingerprint density at radius 1 is 1.07 bits per heavy atom. The number of hydrogen-bond acceptors (Lipinski definition) is 3. The molecule has 0 unspecified atom stereocenters. The minimum atomic E-state index is -4.45. The Bertz CT molecular complexity index is 868. The lowest BCUT2D eigenvalue weighted by molar-refractivity contribution is -0.137. The van der Waals surface area contributed by atoms with E-state index in [1.165, 1.54) is 23.9 Å². The zero-order valence-electron chi connectivity index (χ0n) is 16.5. The molecule has 1 aromatic carbocycles. The van der Waals surface area contributed by atoms with Crippen LogP contribution in [0.5, 0.6) is 0 Å². The van der Waals surface area contributed by atoms with Crippen molar-refractivity contribution < 1.29 is 18.0 Å². The molecule has 154 valence electrons. The highest BCUT2D eigenvalue weighted by atomic mass is 19.4. The highest BCUT2D eigenvalue weighted by molar-refractivity contribution is 5.92. The summed E-state index contributed by atoms with van der Waals surface area (Å²) in [5.41, 5.74) is 1.42. The lowest BCUT2D eigenvalue weighted by atomic mass is 10.0. The zero-order chi connectivity index (χ0) is 21.0. The molecule has 0 spiro atoms. The molecule has 2 aromatic rings. The van der Waals surface area contributed by atoms with E-state index in [0.29, 0.717) is 32.1 Å². The summed E-state index contributed by atoms with van der Waals surface area (Å²) in [6, 6.07) is 10.3. The summed E-state index contributed by atoms with van der Waals surface area (Å²) in [7, 11) is 0. The number of nitrogens with zero attached hydrogens (tertiary/aromatic N) is 3. The summed E-state index contributed by atoms with van der Waals surface area (Å²) in [6.07, 6.45) is 0.182. The molecule has 0 radical (unpaired) electrons. The van der Waals surface area contributed by atoms with Crippen LogP contribution < -0.4 is 4.90 Å². The number of benzene rings is 1. The van der Waals surface area contributed by atoms with Gasteiger partial charge >= 0.3 is 6.18 Å². The molecule has 1 aliphatic rings. The van der Waals surface area contributed by atoms with Gasteiger partial charge in [0.05, 0.1) is 5.56 Å². The van der Waals surface area contributed by atoms with E-state index in [1.54, 1.807) is 15.9 Å². The third-order valence-electron chi connectivity index (χ3n) is 5.00. The van der Waals surface area contributed by atoms with Gasteiger partial charge in [-0.25, -0.2) is 4.98 Å². The number of carbonyl (C=O) groups excluding carboxylic acids is 1. The fourth-order valence-corrected chi connectivity index (χ4v) is 3.27. The molecule has 7 heteroatoms. The van der Waals surface area contributed by atoms with E-state index in [0.717, 1.165) is 11.6 Å². The smallest absolute Gasteiger partial charge is 0.353 e. The van der Waals surface area contributed by atoms with Crippen molar-refractivity contribution in [2.24, 2.45) is 0 Å². The van der Waals surface area contributed by atoms with Gasteiger partial charge in [-0.05, 0) is 35.3 Å². The average molecular weight is 403 g/mol. The molecule has 1 aliphatic heterocycles. The van der Waals surface area contributed by atoms with Crippen molar-refractivity contribution in [3.63, 3.8) is 0 Å². The number of piperazine rings is 1. The maximum absolute atomic E-state index is 13.2. The fraction of sp³-hybridized carbons (Fsp3) is 0.364. The molecule has 3 rings (SSSR count). The average Bonchev–Trinajstić information content (AvgIpc) is 2.72. The van der Waals surface area contributed by atoms with Gasteiger partial charge in [0.25, 0.3) is 0 Å². The van der Waals surface area contributed by atoms with E-state index in [2.05, 4.69) is 18.8 Å². The second-order valence-corrected chi connectivity index (χ2v) is 7.34. The summed E-state index contributed by atoms with van der Waals surface area (Å²) < 4.78 is 39.6. The number of hydrogen-bond donors (Lipinski definition) is 0. The molecule has 1 amide bonds. The first kappa shape index (κ1) is 20.9. The van der Waals surface area contributed by atoms with Gasteiger partial charge in [-0.15, -0.1) is 0 Å². The Hall–Kier alpha value is -2.83. The molecule has 29 heavy (non-hydrogen) atoms. The molecule has 0 N–H and O–H groups in total. The highest BCUT2D eigenvalue weighted by Crippen LogP contribution is 2.35. The van der Waals surface area contributed by atoms with Crippen molar-refractivity contribution in [3.8, 4) is 0 Å². The van der Waals surface area contributed by atoms with Gasteiger partial charge in [0.2, 0.25) is 5.91 Å². The summed E-state index contributed by atoms with van der Waals surface area (Å²) in [5.74, 6) is 0.227. The maximum atomic E-state index is 13.2. The van der Waals surface area contributed by atoms with Gasteiger partial charge in [0.15, 0.2) is 0 Å². The lowest BCUT2D eigenvalue weighted by Crippen LogP contribution is -2.49. The second kappa shape index (κ2) is 8.68. The van der Waals surface area contributed by atoms with Crippen molar-refractivity contribution in [2.75, 3.05) is 31.1 Å². The number of aromatic nitrogens is 1. The zero-order valence-corrected chi connectivity index (χ0v) is 16.5. The van der Waals surface area contributed by atoms with Gasteiger partial charge in [0, 0.05) is 38.5 Å². The van der Waals surface area contributed by atoms with Crippen LogP contribution in [0.1, 0.15) is 36.5 Å². The molecule has 0 atom stereocenters. The number of pyridine rings is 1. The van der Waals surface area contributed by atoms with Gasteiger partial charge in [-0.3, -0.25) is 4.79 Å². The molecular formula is C22H24F3N3O. The molecule has 4 nitrogen and oxygen atoms in total. The van der Waals surface area contributed by atoms with Crippen LogP contribution in [0.3, 0.4) is 0 Å². The van der Waals surface area contributed by atoms with Crippen molar-refractivity contribution in [1.29, 1.82) is 0 Å². The van der Waals surface area contributed by atoms with E-state index >= 15 is 0 Å². The lowest BCUT2D eigenvalue weighted by Gasteiger charge is -2.35. The van der Waals surface area contributed by atoms with Gasteiger partial charge in [-0.2, -0.15) is 13.2 Å². The third kappa shape index (κ3) is 5.16. The summed E-state index contributed by atoms with van der Waals surface area (Å²) in [4.78, 5) is 19.6. The van der Waals surface area contributed by atoms with E-state index in [4.69, 9.17) is 0 Å². The van der Waals surface area contributed by atoms with Crippen molar-refractivity contribution in [3.05, 3.63) is 65.4 Å². The molecule has 1 saturated heterocycles. The number of carbonyl (C=O) groups is 1. The largest absolute Gasteiger partial charge is 0.419 e. The minimum absolute atomic E-state index is 0.0760. The first-order valence-electron chi connectivity index (χ1n) is 9.60. The molecule has 1 fully saturated rings. The van der Waals surface area contributed by atoms with E-state index < -0.39 is 11.7 Å². The summed E-state index contributed by atoms with van der Waals surface area (Å²) in [6.45, 7) is 5.56. The first-order valence-corrected chi connectivity index (χ1v) is 9.60. The van der Waals surface area contributed by atoms with Gasteiger partial charge in [-0.1, -0.05) is 38.1 Å². The topological polar surface area (TPSA) is 36.4 Å². The molecule has 2 heterocycles. The van der Waals surface area contributed by atoms with Gasteiger partial charge < -0.3 is 9.80 Å². The van der Waals surface area contributed by atoms with E-state index in [-0.39, 0.29) is 11.7 Å². The van der Waals surface area contributed by atoms with E-state index in [9.17, 15) is 18.0 Å². The summed E-state index contributed by atoms with van der Waals surface area (Å²) >= 11 is 0. The SMILES string of the molecule is CC(C)c1ccc(C=CC(=O)N2CCN(c3ncccc3C(F)(F)F)CC2)cc1. The number of amides is 1. The molecule has 0 saturated carbocycles. The summed E-state index contributed by atoms with van der Waals surface area (Å²) in [5, 5.41) is 0. The predicted molar refractivity (Wildman–Crippen MR) is 108 cm³/mol. The Morgan fingerprint density at radius 3 is 2.31 bits per heavy atom. The number of halogens is 3.